The van der Waals surface area contributed by atoms with Gasteiger partial charge in [0.25, 0.3) is 0 Å². The van der Waals surface area contributed by atoms with Gasteiger partial charge in [0, 0.05) is 17.4 Å². The van der Waals surface area contributed by atoms with Gasteiger partial charge in [0.2, 0.25) is 0 Å². The monoisotopic (exact) mass is 348 g/mol. The van der Waals surface area contributed by atoms with Crippen LogP contribution in [-0.2, 0) is 18.8 Å². The molecule has 1 aliphatic rings. The van der Waals surface area contributed by atoms with Crippen molar-refractivity contribution in [3.05, 3.63) is 23.8 Å². The summed E-state index contributed by atoms with van der Waals surface area (Å²) in [4.78, 5) is 22.7. The van der Waals surface area contributed by atoms with Crippen molar-refractivity contribution < 1.29 is 28.4 Å². The maximum Gasteiger partial charge on any atom is 0.499 e. The van der Waals surface area contributed by atoms with Crippen LogP contribution in [0, 0.1) is 0 Å². The summed E-state index contributed by atoms with van der Waals surface area (Å²) >= 11 is 0. The van der Waals surface area contributed by atoms with Gasteiger partial charge < -0.3 is 18.8 Å². The molecule has 1 saturated heterocycles. The Balaban J connectivity index is 2.19. The summed E-state index contributed by atoms with van der Waals surface area (Å²) in [6, 6.07) is 5.22. The van der Waals surface area contributed by atoms with Gasteiger partial charge in [0.15, 0.2) is 0 Å². The van der Waals surface area contributed by atoms with Crippen LogP contribution < -0.4 is 10.2 Å². The van der Waals surface area contributed by atoms with E-state index in [2.05, 4.69) is 4.74 Å². The Bertz CT molecular complexity index is 624. The Kier molecular flexibility index (Phi) is 5.90. The van der Waals surface area contributed by atoms with Gasteiger partial charge in [0.1, 0.15) is 12.0 Å². The molecule has 0 aliphatic carbocycles. The van der Waals surface area contributed by atoms with E-state index in [-0.39, 0.29) is 12.4 Å². The van der Waals surface area contributed by atoms with Gasteiger partial charge >= 0.3 is 13.1 Å². The minimum Gasteiger partial charge on any atom is -0.494 e. The second-order valence-corrected chi connectivity index (χ2v) is 6.99. The van der Waals surface area contributed by atoms with E-state index in [0.717, 1.165) is 6.29 Å². The number of hydrogen-bond donors (Lipinski definition) is 0. The van der Waals surface area contributed by atoms with Crippen LogP contribution in [0.4, 0.5) is 0 Å². The predicted molar refractivity (Wildman–Crippen MR) is 94.3 cm³/mol. The zero-order valence-corrected chi connectivity index (χ0v) is 15.5. The molecule has 2 rings (SSSR count). The lowest BCUT2D eigenvalue weighted by Crippen LogP contribution is -2.41. The topological polar surface area (TPSA) is 71.1 Å². The van der Waals surface area contributed by atoms with Crippen LogP contribution in [0.5, 0.6) is 5.75 Å². The van der Waals surface area contributed by atoms with Crippen molar-refractivity contribution in [3.8, 4) is 5.75 Å². The first-order chi connectivity index (χ1) is 11.7. The van der Waals surface area contributed by atoms with Gasteiger partial charge in [-0.2, -0.15) is 0 Å². The lowest BCUT2D eigenvalue weighted by molar-refractivity contribution is -0.140. The Morgan fingerprint density at radius 3 is 2.40 bits per heavy atom. The molecule has 6 nitrogen and oxygen atoms in total. The van der Waals surface area contributed by atoms with E-state index in [0.29, 0.717) is 29.8 Å². The van der Waals surface area contributed by atoms with Gasteiger partial charge in [0.05, 0.1) is 24.9 Å². The normalized spacial score (nSPS) is 18.0. The summed E-state index contributed by atoms with van der Waals surface area (Å²) in [5, 5.41) is 0. The lowest BCUT2D eigenvalue weighted by Gasteiger charge is -2.32. The second-order valence-electron chi connectivity index (χ2n) is 6.99. The molecular formula is C18H25BO6. The number of carbonyl (C=O) groups is 2. The van der Waals surface area contributed by atoms with Crippen LogP contribution in [0.1, 0.15) is 50.9 Å². The molecule has 0 N–H and O–H groups in total. The van der Waals surface area contributed by atoms with Crippen molar-refractivity contribution >= 4 is 24.8 Å². The molecule has 0 aromatic heterocycles. The Hall–Kier alpha value is -1.86. The van der Waals surface area contributed by atoms with Crippen LogP contribution in [-0.4, -0.2) is 44.3 Å². The van der Waals surface area contributed by atoms with E-state index in [1.165, 1.54) is 7.11 Å². The highest BCUT2D eigenvalue weighted by atomic mass is 16.7. The highest BCUT2D eigenvalue weighted by Crippen LogP contribution is 2.37. The standard InChI is InChI=1S/C18H25BO6/c1-17(2)18(3,4)25-19(24-17)16-13(12-20)8-6-9-14(16)23-11-7-10-15(21)22-5/h6,8-9,12H,7,10-11H2,1-5H3. The SMILES string of the molecule is COC(=O)CCCOc1cccc(C=O)c1B1OC(C)(C)C(C)(C)O1. The van der Waals surface area contributed by atoms with Gasteiger partial charge in [-0.25, -0.2) is 0 Å². The summed E-state index contributed by atoms with van der Waals surface area (Å²) in [6.45, 7) is 8.13. The first-order valence-corrected chi connectivity index (χ1v) is 8.35. The van der Waals surface area contributed by atoms with E-state index in [1.807, 2.05) is 27.7 Å². The fraction of sp³-hybridized carbons (Fsp3) is 0.556. The van der Waals surface area contributed by atoms with Crippen LogP contribution in [0.15, 0.2) is 18.2 Å². The van der Waals surface area contributed by atoms with E-state index in [4.69, 9.17) is 14.0 Å². The molecule has 0 bridgehead atoms. The maximum absolute atomic E-state index is 11.5. The molecule has 0 saturated carbocycles. The molecule has 0 amide bonds. The third-order valence-corrected chi connectivity index (χ3v) is 4.73. The summed E-state index contributed by atoms with van der Waals surface area (Å²) in [5.74, 6) is 0.240. The largest absolute Gasteiger partial charge is 0.499 e. The molecule has 0 spiro atoms. The maximum atomic E-state index is 11.5. The number of benzene rings is 1. The highest BCUT2D eigenvalue weighted by Gasteiger charge is 2.53. The van der Waals surface area contributed by atoms with E-state index in [9.17, 15) is 9.59 Å². The smallest absolute Gasteiger partial charge is 0.494 e. The van der Waals surface area contributed by atoms with Crippen molar-refractivity contribution in [2.45, 2.75) is 51.7 Å². The number of aldehydes is 1. The fourth-order valence-corrected chi connectivity index (χ4v) is 2.50. The van der Waals surface area contributed by atoms with E-state index in [1.54, 1.807) is 18.2 Å². The minimum atomic E-state index is -0.693. The molecule has 1 heterocycles. The first-order valence-electron chi connectivity index (χ1n) is 8.35. The molecule has 136 valence electrons. The Morgan fingerprint density at radius 2 is 1.84 bits per heavy atom. The molecule has 7 heteroatoms. The summed E-state index contributed by atoms with van der Waals surface area (Å²) in [5.41, 5.74) is 0.00391. The molecule has 1 aromatic carbocycles. The molecule has 1 aromatic rings. The molecule has 0 atom stereocenters. The van der Waals surface area contributed by atoms with Crippen molar-refractivity contribution in [2.24, 2.45) is 0 Å². The molecule has 25 heavy (non-hydrogen) atoms. The number of ether oxygens (including phenoxy) is 2. The molecular weight excluding hydrogens is 323 g/mol. The van der Waals surface area contributed by atoms with Crippen molar-refractivity contribution in [1.29, 1.82) is 0 Å². The molecule has 0 radical (unpaired) electrons. The van der Waals surface area contributed by atoms with E-state index < -0.39 is 18.3 Å². The van der Waals surface area contributed by atoms with Crippen molar-refractivity contribution in [2.75, 3.05) is 13.7 Å². The van der Waals surface area contributed by atoms with Crippen LogP contribution >= 0.6 is 0 Å². The van der Waals surface area contributed by atoms with Gasteiger partial charge in [-0.3, -0.25) is 9.59 Å². The van der Waals surface area contributed by atoms with E-state index >= 15 is 0 Å². The highest BCUT2D eigenvalue weighted by molar-refractivity contribution is 6.64. The summed E-state index contributed by atoms with van der Waals surface area (Å²) < 4.78 is 22.5. The average molecular weight is 348 g/mol. The Morgan fingerprint density at radius 1 is 1.20 bits per heavy atom. The number of esters is 1. The fourth-order valence-electron chi connectivity index (χ4n) is 2.50. The zero-order valence-electron chi connectivity index (χ0n) is 15.5. The molecule has 0 unspecified atom stereocenters. The van der Waals surface area contributed by atoms with Gasteiger partial charge in [-0.1, -0.05) is 12.1 Å². The van der Waals surface area contributed by atoms with Crippen molar-refractivity contribution in [1.82, 2.24) is 0 Å². The van der Waals surface area contributed by atoms with Crippen LogP contribution in [0.25, 0.3) is 0 Å². The predicted octanol–water partition coefficient (Wildman–Crippen LogP) is 2.13. The summed E-state index contributed by atoms with van der Waals surface area (Å²) in [7, 11) is 0.662. The van der Waals surface area contributed by atoms with Crippen molar-refractivity contribution in [3.63, 3.8) is 0 Å². The second kappa shape index (κ2) is 7.58. The number of hydrogen-bond acceptors (Lipinski definition) is 6. The molecule has 1 aliphatic heterocycles. The summed E-state index contributed by atoms with van der Waals surface area (Å²) in [6.07, 6.45) is 1.55. The van der Waals surface area contributed by atoms with Crippen LogP contribution in [0.3, 0.4) is 0 Å². The lowest BCUT2D eigenvalue weighted by atomic mass is 9.75. The number of carbonyl (C=O) groups excluding carboxylic acids is 2. The Labute approximate surface area is 148 Å². The molecule has 1 fully saturated rings. The number of methoxy groups -OCH3 is 1. The zero-order chi connectivity index (χ0) is 18.7. The van der Waals surface area contributed by atoms with Gasteiger partial charge in [-0.05, 0) is 40.2 Å². The van der Waals surface area contributed by atoms with Crippen LogP contribution in [0.2, 0.25) is 0 Å². The first kappa shape index (κ1) is 19.5. The number of rotatable bonds is 7. The van der Waals surface area contributed by atoms with Gasteiger partial charge in [-0.15, -0.1) is 0 Å². The minimum absolute atomic E-state index is 0.274. The third kappa shape index (κ3) is 4.22. The third-order valence-electron chi connectivity index (χ3n) is 4.73. The average Bonchev–Trinajstić information content (AvgIpc) is 2.78. The quantitative estimate of drug-likeness (QED) is 0.325.